The normalized spacial score (nSPS) is 10.8. The first-order valence-corrected chi connectivity index (χ1v) is 8.75. The first-order chi connectivity index (χ1) is 13.4. The van der Waals surface area contributed by atoms with Crippen molar-refractivity contribution in [2.24, 2.45) is 5.92 Å². The third kappa shape index (κ3) is 4.79. The number of carbonyl (C=O) groups is 1. The summed E-state index contributed by atoms with van der Waals surface area (Å²) in [6.45, 7) is 4.11. The van der Waals surface area contributed by atoms with Gasteiger partial charge in [-0.15, -0.1) is 10.2 Å². The van der Waals surface area contributed by atoms with E-state index < -0.39 is 10.9 Å². The second kappa shape index (κ2) is 8.43. The largest absolute Gasteiger partial charge is 0.452 e. The van der Waals surface area contributed by atoms with Gasteiger partial charge < -0.3 is 9.15 Å². The Morgan fingerprint density at radius 3 is 2.39 bits per heavy atom. The molecule has 8 heteroatoms. The average Bonchev–Trinajstić information content (AvgIpc) is 3.15. The molecule has 0 saturated heterocycles. The van der Waals surface area contributed by atoms with E-state index in [-0.39, 0.29) is 24.1 Å². The van der Waals surface area contributed by atoms with E-state index in [2.05, 4.69) is 24.0 Å². The Morgan fingerprint density at radius 2 is 1.79 bits per heavy atom. The fourth-order valence-electron chi connectivity index (χ4n) is 2.61. The summed E-state index contributed by atoms with van der Waals surface area (Å²) < 4.78 is 10.7. The summed E-state index contributed by atoms with van der Waals surface area (Å²) in [6, 6.07) is 13.0. The minimum atomic E-state index is -0.488. The summed E-state index contributed by atoms with van der Waals surface area (Å²) in [5.74, 6) is 0.392. The molecule has 3 aromatic rings. The number of ether oxygens (including phenoxy) is 1. The molecule has 0 aliphatic heterocycles. The molecule has 0 unspecified atom stereocenters. The Labute approximate surface area is 161 Å². The summed E-state index contributed by atoms with van der Waals surface area (Å²) in [5.41, 5.74) is 2.12. The fraction of sp³-hybridized carbons (Fsp3) is 0.250. The van der Waals surface area contributed by atoms with E-state index in [1.807, 2.05) is 12.1 Å². The lowest BCUT2D eigenvalue weighted by Gasteiger charge is -2.06. The van der Waals surface area contributed by atoms with Gasteiger partial charge in [0.25, 0.3) is 11.6 Å². The molecule has 0 atom stereocenters. The Balaban J connectivity index is 1.59. The minimum absolute atomic E-state index is 0.0307. The van der Waals surface area contributed by atoms with Crippen molar-refractivity contribution in [3.63, 3.8) is 0 Å². The summed E-state index contributed by atoms with van der Waals surface area (Å²) in [4.78, 5) is 22.4. The maximum atomic E-state index is 12.2. The lowest BCUT2D eigenvalue weighted by molar-refractivity contribution is -0.384. The quantitative estimate of drug-likeness (QED) is 0.343. The molecule has 28 heavy (non-hydrogen) atoms. The first kappa shape index (κ1) is 19.2. The summed E-state index contributed by atoms with van der Waals surface area (Å²) in [6.07, 6.45) is 0.947. The second-order valence-corrected chi connectivity index (χ2v) is 6.68. The Kier molecular flexibility index (Phi) is 5.78. The van der Waals surface area contributed by atoms with Gasteiger partial charge in [0, 0.05) is 17.7 Å². The van der Waals surface area contributed by atoms with Crippen LogP contribution < -0.4 is 0 Å². The molecule has 0 saturated carbocycles. The van der Waals surface area contributed by atoms with Crippen LogP contribution >= 0.6 is 0 Å². The molecular weight excluding hydrogens is 362 g/mol. The molecule has 0 N–H and O–H groups in total. The van der Waals surface area contributed by atoms with Gasteiger partial charge >= 0.3 is 5.97 Å². The van der Waals surface area contributed by atoms with Crippen molar-refractivity contribution in [1.29, 1.82) is 0 Å². The first-order valence-electron chi connectivity index (χ1n) is 8.75. The van der Waals surface area contributed by atoms with E-state index in [0.29, 0.717) is 17.0 Å². The van der Waals surface area contributed by atoms with Gasteiger partial charge in [-0.2, -0.15) is 0 Å². The van der Waals surface area contributed by atoms with Gasteiger partial charge in [0.15, 0.2) is 6.61 Å². The maximum absolute atomic E-state index is 12.2. The van der Waals surface area contributed by atoms with Gasteiger partial charge in [-0.3, -0.25) is 10.1 Å². The van der Waals surface area contributed by atoms with Crippen LogP contribution in [0.3, 0.4) is 0 Å². The molecule has 2 aromatic carbocycles. The minimum Gasteiger partial charge on any atom is -0.452 e. The Bertz CT molecular complexity index is 962. The van der Waals surface area contributed by atoms with Crippen molar-refractivity contribution in [3.05, 3.63) is 75.7 Å². The highest BCUT2D eigenvalue weighted by Crippen LogP contribution is 2.21. The van der Waals surface area contributed by atoms with E-state index in [4.69, 9.17) is 9.15 Å². The number of hydrogen-bond acceptors (Lipinski definition) is 7. The predicted molar refractivity (Wildman–Crippen MR) is 100 cm³/mol. The van der Waals surface area contributed by atoms with Crippen LogP contribution in [0.2, 0.25) is 0 Å². The van der Waals surface area contributed by atoms with Crippen LogP contribution in [0.25, 0.3) is 11.5 Å². The molecule has 144 valence electrons. The highest BCUT2D eigenvalue weighted by Gasteiger charge is 2.14. The fourth-order valence-corrected chi connectivity index (χ4v) is 2.61. The van der Waals surface area contributed by atoms with Crippen molar-refractivity contribution in [3.8, 4) is 11.5 Å². The number of nitro groups is 1. The maximum Gasteiger partial charge on any atom is 0.338 e. The number of nitrogens with zero attached hydrogens (tertiary/aromatic N) is 3. The second-order valence-electron chi connectivity index (χ2n) is 6.68. The third-order valence-electron chi connectivity index (χ3n) is 3.95. The molecule has 0 spiro atoms. The molecule has 0 bridgehead atoms. The molecule has 0 fully saturated rings. The van der Waals surface area contributed by atoms with Gasteiger partial charge in [-0.05, 0) is 42.2 Å². The standard InChI is InChI=1S/C20H19N3O5/c1-13(2)11-14-3-5-16(6-4-14)20(24)27-12-18-21-22-19(28-18)15-7-9-17(10-8-15)23(25)26/h3-10,13H,11-12H2,1-2H3. The molecule has 3 rings (SSSR count). The molecule has 1 aromatic heterocycles. The smallest absolute Gasteiger partial charge is 0.338 e. The number of rotatable bonds is 7. The average molecular weight is 381 g/mol. The lowest BCUT2D eigenvalue weighted by atomic mass is 10.0. The van der Waals surface area contributed by atoms with Gasteiger partial charge in [0.1, 0.15) is 0 Å². The number of nitro benzene ring substituents is 1. The van der Waals surface area contributed by atoms with Gasteiger partial charge in [-0.25, -0.2) is 4.79 Å². The summed E-state index contributed by atoms with van der Waals surface area (Å²) in [5, 5.41) is 18.4. The van der Waals surface area contributed by atoms with Crippen LogP contribution in [-0.4, -0.2) is 21.1 Å². The molecule has 0 radical (unpaired) electrons. The molecular formula is C20H19N3O5. The number of carbonyl (C=O) groups excluding carboxylic acids is 1. The van der Waals surface area contributed by atoms with E-state index in [0.717, 1.165) is 12.0 Å². The van der Waals surface area contributed by atoms with Crippen molar-refractivity contribution in [1.82, 2.24) is 10.2 Å². The van der Waals surface area contributed by atoms with Crippen molar-refractivity contribution < 1.29 is 18.9 Å². The molecule has 0 aliphatic carbocycles. The third-order valence-corrected chi connectivity index (χ3v) is 3.95. The van der Waals surface area contributed by atoms with Crippen LogP contribution in [0.1, 0.15) is 35.7 Å². The topological polar surface area (TPSA) is 108 Å². The van der Waals surface area contributed by atoms with Crippen molar-refractivity contribution in [2.45, 2.75) is 26.9 Å². The van der Waals surface area contributed by atoms with Crippen LogP contribution in [0.5, 0.6) is 0 Å². The van der Waals surface area contributed by atoms with Crippen LogP contribution in [0, 0.1) is 16.0 Å². The van der Waals surface area contributed by atoms with Crippen molar-refractivity contribution >= 4 is 11.7 Å². The highest BCUT2D eigenvalue weighted by atomic mass is 16.6. The zero-order chi connectivity index (χ0) is 20.1. The molecule has 0 amide bonds. The number of non-ortho nitro benzene ring substituents is 1. The van der Waals surface area contributed by atoms with Crippen molar-refractivity contribution in [2.75, 3.05) is 0 Å². The van der Waals surface area contributed by atoms with E-state index >= 15 is 0 Å². The van der Waals surface area contributed by atoms with Crippen LogP contribution in [0.15, 0.2) is 52.9 Å². The zero-order valence-electron chi connectivity index (χ0n) is 15.5. The number of esters is 1. The number of hydrogen-bond donors (Lipinski definition) is 0. The number of benzene rings is 2. The Morgan fingerprint density at radius 1 is 1.11 bits per heavy atom. The highest BCUT2D eigenvalue weighted by molar-refractivity contribution is 5.89. The summed E-state index contributed by atoms with van der Waals surface area (Å²) in [7, 11) is 0. The lowest BCUT2D eigenvalue weighted by Crippen LogP contribution is -2.05. The van der Waals surface area contributed by atoms with E-state index in [1.165, 1.54) is 24.3 Å². The van der Waals surface area contributed by atoms with Gasteiger partial charge in [0.05, 0.1) is 10.5 Å². The van der Waals surface area contributed by atoms with Crippen LogP contribution in [-0.2, 0) is 17.8 Å². The summed E-state index contributed by atoms with van der Waals surface area (Å²) >= 11 is 0. The SMILES string of the molecule is CC(C)Cc1ccc(C(=O)OCc2nnc(-c3ccc([N+](=O)[O-])cc3)o2)cc1. The molecule has 0 aliphatic rings. The van der Waals surface area contributed by atoms with E-state index in [9.17, 15) is 14.9 Å². The Hall–Kier alpha value is -3.55. The predicted octanol–water partition coefficient (Wildman–Crippen LogP) is 4.20. The zero-order valence-corrected chi connectivity index (χ0v) is 15.5. The van der Waals surface area contributed by atoms with Gasteiger partial charge in [-0.1, -0.05) is 26.0 Å². The van der Waals surface area contributed by atoms with Gasteiger partial charge in [0.2, 0.25) is 5.89 Å². The van der Waals surface area contributed by atoms with Crippen LogP contribution in [0.4, 0.5) is 5.69 Å². The monoisotopic (exact) mass is 381 g/mol. The number of aromatic nitrogens is 2. The molecule has 8 nitrogen and oxygen atoms in total. The molecule has 1 heterocycles. The van der Waals surface area contributed by atoms with E-state index in [1.54, 1.807) is 12.1 Å².